The Morgan fingerprint density at radius 2 is 1.93 bits per heavy atom. The maximum absolute atomic E-state index is 4.84. The summed E-state index contributed by atoms with van der Waals surface area (Å²) in [5, 5.41) is 4.84. The predicted molar refractivity (Wildman–Crippen MR) is 57.7 cm³/mol. The van der Waals surface area contributed by atoms with Gasteiger partial charge in [-0.2, -0.15) is 0 Å². The summed E-state index contributed by atoms with van der Waals surface area (Å²) in [5.41, 5.74) is 4.81. The van der Waals surface area contributed by atoms with Crippen LogP contribution in [0.15, 0.2) is 23.0 Å². The maximum Gasteiger partial charge on any atom is 0.0469 e. The minimum absolute atomic E-state index is 0.442. The zero-order chi connectivity index (χ0) is 9.60. The Hall–Kier alpha value is -0.720. The van der Waals surface area contributed by atoms with Gasteiger partial charge >= 0.3 is 0 Å². The molecule has 0 bridgehead atoms. The van der Waals surface area contributed by atoms with Crippen LogP contribution >= 0.6 is 0 Å². The Kier molecular flexibility index (Phi) is 1.77. The van der Waals surface area contributed by atoms with Crippen molar-refractivity contribution >= 4 is 0 Å². The SMILES string of the molecule is CC1(C2=CC3=C(CCCC3)[N]2)CCC1. The zero-order valence-corrected chi connectivity index (χ0v) is 8.97. The summed E-state index contributed by atoms with van der Waals surface area (Å²) in [6.07, 6.45) is 11.7. The fraction of sp³-hybridized carbons (Fsp3) is 0.692. The van der Waals surface area contributed by atoms with Crippen molar-refractivity contribution in [2.75, 3.05) is 0 Å². The molecule has 0 unspecified atom stereocenters. The zero-order valence-electron chi connectivity index (χ0n) is 8.97. The van der Waals surface area contributed by atoms with Crippen molar-refractivity contribution in [1.29, 1.82) is 0 Å². The van der Waals surface area contributed by atoms with E-state index in [-0.39, 0.29) is 0 Å². The normalized spacial score (nSPS) is 29.1. The van der Waals surface area contributed by atoms with Gasteiger partial charge in [0.2, 0.25) is 0 Å². The summed E-state index contributed by atoms with van der Waals surface area (Å²) in [5.74, 6) is 0. The van der Waals surface area contributed by atoms with Crippen LogP contribution in [0.4, 0.5) is 0 Å². The number of hydrogen-bond acceptors (Lipinski definition) is 0. The third-order valence-electron chi connectivity index (χ3n) is 4.12. The molecule has 0 aromatic carbocycles. The lowest BCUT2D eigenvalue weighted by Crippen LogP contribution is -2.30. The molecule has 1 saturated carbocycles. The average molecular weight is 188 g/mol. The first-order valence-corrected chi connectivity index (χ1v) is 5.94. The third-order valence-corrected chi connectivity index (χ3v) is 4.12. The van der Waals surface area contributed by atoms with Crippen molar-refractivity contribution in [2.24, 2.45) is 5.41 Å². The van der Waals surface area contributed by atoms with E-state index in [0.717, 1.165) is 0 Å². The number of nitrogens with zero attached hydrogens (tertiary/aromatic N) is 1. The Balaban J connectivity index is 1.81. The second-order valence-electron chi connectivity index (χ2n) is 5.23. The van der Waals surface area contributed by atoms with Gasteiger partial charge in [0.1, 0.15) is 0 Å². The quantitative estimate of drug-likeness (QED) is 0.598. The van der Waals surface area contributed by atoms with Crippen LogP contribution in [0.1, 0.15) is 51.9 Å². The van der Waals surface area contributed by atoms with Gasteiger partial charge in [0.15, 0.2) is 0 Å². The van der Waals surface area contributed by atoms with Gasteiger partial charge in [-0.3, -0.25) is 5.32 Å². The third kappa shape index (κ3) is 1.14. The van der Waals surface area contributed by atoms with E-state index in [0.29, 0.717) is 5.41 Å². The van der Waals surface area contributed by atoms with Crippen molar-refractivity contribution in [1.82, 2.24) is 5.32 Å². The molecule has 3 rings (SSSR count). The molecule has 0 aromatic heterocycles. The molecule has 1 nitrogen and oxygen atoms in total. The van der Waals surface area contributed by atoms with Gasteiger partial charge in [0.05, 0.1) is 0 Å². The van der Waals surface area contributed by atoms with Crippen LogP contribution in [0.3, 0.4) is 0 Å². The van der Waals surface area contributed by atoms with E-state index in [2.05, 4.69) is 13.0 Å². The highest BCUT2D eigenvalue weighted by Crippen LogP contribution is 2.49. The molecule has 0 spiro atoms. The van der Waals surface area contributed by atoms with Gasteiger partial charge in [-0.1, -0.05) is 13.3 Å². The van der Waals surface area contributed by atoms with Crippen molar-refractivity contribution in [3.63, 3.8) is 0 Å². The standard InChI is InChI=1S/C13H18N/c1-13(7-4-8-13)12-9-10-5-2-3-6-11(10)14-12/h9H,2-8H2,1H3. The molecule has 1 heterocycles. The molecule has 1 heteroatoms. The van der Waals surface area contributed by atoms with Crippen LogP contribution < -0.4 is 5.32 Å². The van der Waals surface area contributed by atoms with Crippen LogP contribution in [0.2, 0.25) is 0 Å². The summed E-state index contributed by atoms with van der Waals surface area (Å²) in [4.78, 5) is 0. The molecule has 0 amide bonds. The molecular weight excluding hydrogens is 170 g/mol. The van der Waals surface area contributed by atoms with E-state index in [1.807, 2.05) is 0 Å². The number of hydrogen-bond donors (Lipinski definition) is 0. The van der Waals surface area contributed by atoms with Crippen molar-refractivity contribution in [2.45, 2.75) is 51.9 Å². The summed E-state index contributed by atoms with van der Waals surface area (Å²) in [6, 6.07) is 0. The molecule has 14 heavy (non-hydrogen) atoms. The molecule has 1 fully saturated rings. The Bertz CT molecular complexity index is 318. The summed E-state index contributed by atoms with van der Waals surface area (Å²) in [6.45, 7) is 2.38. The van der Waals surface area contributed by atoms with E-state index in [4.69, 9.17) is 5.32 Å². The van der Waals surface area contributed by atoms with Gasteiger partial charge in [-0.15, -0.1) is 0 Å². The van der Waals surface area contributed by atoms with E-state index >= 15 is 0 Å². The molecule has 75 valence electrons. The monoisotopic (exact) mass is 188 g/mol. The molecular formula is C13H18N. The molecule has 3 aliphatic rings. The minimum atomic E-state index is 0.442. The fourth-order valence-corrected chi connectivity index (χ4v) is 2.81. The minimum Gasteiger partial charge on any atom is -0.257 e. The molecule has 0 atom stereocenters. The summed E-state index contributed by atoms with van der Waals surface area (Å²) >= 11 is 0. The van der Waals surface area contributed by atoms with Crippen LogP contribution in [0.5, 0.6) is 0 Å². The highest BCUT2D eigenvalue weighted by molar-refractivity contribution is 5.40. The van der Waals surface area contributed by atoms with Crippen LogP contribution in [-0.4, -0.2) is 0 Å². The van der Waals surface area contributed by atoms with Crippen molar-refractivity contribution < 1.29 is 0 Å². The van der Waals surface area contributed by atoms with Crippen LogP contribution in [0.25, 0.3) is 0 Å². The molecule has 0 saturated heterocycles. The molecule has 1 aliphatic heterocycles. The lowest BCUT2D eigenvalue weighted by atomic mass is 9.68. The van der Waals surface area contributed by atoms with Crippen LogP contribution in [0, 0.1) is 5.41 Å². The van der Waals surface area contributed by atoms with E-state index in [1.165, 1.54) is 56.3 Å². The molecule has 0 N–H and O–H groups in total. The van der Waals surface area contributed by atoms with Gasteiger partial charge in [0, 0.05) is 16.8 Å². The first-order chi connectivity index (χ1) is 6.78. The average Bonchev–Trinajstić information content (AvgIpc) is 2.57. The van der Waals surface area contributed by atoms with E-state index in [1.54, 1.807) is 5.57 Å². The molecule has 2 aliphatic carbocycles. The first kappa shape index (κ1) is 8.58. The Labute approximate surface area is 86.3 Å². The lowest BCUT2D eigenvalue weighted by Gasteiger charge is -2.39. The number of allylic oxidation sites excluding steroid dienone is 4. The first-order valence-electron chi connectivity index (χ1n) is 5.94. The number of rotatable bonds is 1. The van der Waals surface area contributed by atoms with Gasteiger partial charge < -0.3 is 0 Å². The lowest BCUT2D eigenvalue weighted by molar-refractivity contribution is 0.204. The highest BCUT2D eigenvalue weighted by Gasteiger charge is 2.39. The molecule has 1 radical (unpaired) electrons. The smallest absolute Gasteiger partial charge is 0.0469 e. The molecule has 0 aromatic rings. The van der Waals surface area contributed by atoms with Crippen molar-refractivity contribution in [3.8, 4) is 0 Å². The Morgan fingerprint density at radius 1 is 1.14 bits per heavy atom. The van der Waals surface area contributed by atoms with E-state index in [9.17, 15) is 0 Å². The maximum atomic E-state index is 4.84. The second kappa shape index (κ2) is 2.88. The van der Waals surface area contributed by atoms with Gasteiger partial charge in [0.25, 0.3) is 0 Å². The van der Waals surface area contributed by atoms with Crippen molar-refractivity contribution in [3.05, 3.63) is 23.0 Å². The predicted octanol–water partition coefficient (Wildman–Crippen LogP) is 3.51. The summed E-state index contributed by atoms with van der Waals surface area (Å²) in [7, 11) is 0. The fourth-order valence-electron chi connectivity index (χ4n) is 2.81. The van der Waals surface area contributed by atoms with Crippen LogP contribution in [-0.2, 0) is 0 Å². The summed E-state index contributed by atoms with van der Waals surface area (Å²) < 4.78 is 0. The van der Waals surface area contributed by atoms with Gasteiger partial charge in [-0.05, 0) is 50.2 Å². The highest BCUT2D eigenvalue weighted by atomic mass is 14.9. The van der Waals surface area contributed by atoms with Gasteiger partial charge in [-0.25, -0.2) is 0 Å². The second-order valence-corrected chi connectivity index (χ2v) is 5.23. The topological polar surface area (TPSA) is 14.1 Å². The largest absolute Gasteiger partial charge is 0.257 e. The van der Waals surface area contributed by atoms with E-state index < -0.39 is 0 Å². The Morgan fingerprint density at radius 3 is 2.57 bits per heavy atom.